The first-order chi connectivity index (χ1) is 10.1. The lowest BCUT2D eigenvalue weighted by Crippen LogP contribution is -2.50. The van der Waals surface area contributed by atoms with Gasteiger partial charge < -0.3 is 5.73 Å². The highest BCUT2D eigenvalue weighted by atomic mass is 16.2. The molecule has 106 valence electrons. The number of hydrogen-bond donors (Lipinski definition) is 2. The van der Waals surface area contributed by atoms with Gasteiger partial charge in [0.15, 0.2) is 0 Å². The van der Waals surface area contributed by atoms with E-state index in [0.29, 0.717) is 5.01 Å². The van der Waals surface area contributed by atoms with E-state index in [-0.39, 0.29) is 18.2 Å². The number of carbonyl (C=O) groups is 1. The van der Waals surface area contributed by atoms with E-state index in [1.807, 2.05) is 24.3 Å². The van der Waals surface area contributed by atoms with Crippen molar-refractivity contribution in [3.63, 3.8) is 0 Å². The van der Waals surface area contributed by atoms with Crippen LogP contribution in [0.5, 0.6) is 0 Å². The Balaban J connectivity index is 2.07. The van der Waals surface area contributed by atoms with Crippen molar-refractivity contribution in [2.24, 2.45) is 16.8 Å². The molecule has 0 radical (unpaired) electrons. The second kappa shape index (κ2) is 4.90. The van der Waals surface area contributed by atoms with Crippen molar-refractivity contribution >= 4 is 17.6 Å². The number of carbonyl (C=O) groups excluding carboxylic acids is 1. The minimum atomic E-state index is -0.530. The Labute approximate surface area is 121 Å². The van der Waals surface area contributed by atoms with Crippen molar-refractivity contribution in [1.29, 1.82) is 10.7 Å². The van der Waals surface area contributed by atoms with E-state index >= 15 is 0 Å². The number of amides is 1. The maximum atomic E-state index is 12.1. The van der Waals surface area contributed by atoms with Crippen molar-refractivity contribution in [2.75, 3.05) is 0 Å². The molecule has 1 atom stereocenters. The Bertz CT molecular complexity index is 689. The fourth-order valence-corrected chi connectivity index (χ4v) is 2.81. The van der Waals surface area contributed by atoms with Crippen LogP contribution in [0.25, 0.3) is 0 Å². The van der Waals surface area contributed by atoms with Gasteiger partial charge in [-0.3, -0.25) is 10.2 Å². The minimum Gasteiger partial charge on any atom is -0.368 e. The average Bonchev–Trinajstić information content (AvgIpc) is 2.48. The maximum Gasteiger partial charge on any atom is 0.264 e. The van der Waals surface area contributed by atoms with Gasteiger partial charge in [-0.05, 0) is 18.4 Å². The largest absolute Gasteiger partial charge is 0.368 e. The zero-order valence-electron chi connectivity index (χ0n) is 11.3. The van der Waals surface area contributed by atoms with Crippen LogP contribution >= 0.6 is 0 Å². The van der Waals surface area contributed by atoms with E-state index in [4.69, 9.17) is 16.4 Å². The molecule has 1 amide bonds. The lowest BCUT2D eigenvalue weighted by Gasteiger charge is -2.35. The maximum absolute atomic E-state index is 12.1. The number of nitrogens with one attached hydrogen (secondary N) is 1. The van der Waals surface area contributed by atoms with Gasteiger partial charge in [0.2, 0.25) is 12.2 Å². The first-order valence-electron chi connectivity index (χ1n) is 6.65. The molecule has 0 saturated carbocycles. The Hall–Kier alpha value is -2.88. The van der Waals surface area contributed by atoms with Crippen molar-refractivity contribution in [1.82, 2.24) is 10.1 Å². The zero-order valence-corrected chi connectivity index (χ0v) is 11.3. The van der Waals surface area contributed by atoms with Gasteiger partial charge in [0.25, 0.3) is 5.91 Å². The molecule has 0 bridgehead atoms. The summed E-state index contributed by atoms with van der Waals surface area (Å²) < 4.78 is 0. The summed E-state index contributed by atoms with van der Waals surface area (Å²) >= 11 is 0. The molecule has 0 fully saturated rings. The van der Waals surface area contributed by atoms with Gasteiger partial charge in [0.05, 0.1) is 5.71 Å². The summed E-state index contributed by atoms with van der Waals surface area (Å²) in [5.74, 6) is -0.784. The second-order valence-electron chi connectivity index (χ2n) is 5.06. The summed E-state index contributed by atoms with van der Waals surface area (Å²) in [7, 11) is 0. The van der Waals surface area contributed by atoms with Crippen LogP contribution in [-0.4, -0.2) is 27.7 Å². The Kier molecular flexibility index (Phi) is 3.06. The fourth-order valence-electron chi connectivity index (χ4n) is 2.81. The number of nitrogens with two attached hydrogens (primary N) is 1. The molecule has 1 aliphatic heterocycles. The smallest absolute Gasteiger partial charge is 0.264 e. The predicted molar refractivity (Wildman–Crippen MR) is 75.6 cm³/mol. The minimum absolute atomic E-state index is 0.0659. The summed E-state index contributed by atoms with van der Waals surface area (Å²) in [4.78, 5) is 12.1. The Morgan fingerprint density at radius 3 is 3.00 bits per heavy atom. The molecule has 3 N–H and O–H groups in total. The second-order valence-corrected chi connectivity index (χ2v) is 5.06. The summed E-state index contributed by atoms with van der Waals surface area (Å²) in [6.45, 7) is 0. The van der Waals surface area contributed by atoms with E-state index in [1.54, 1.807) is 6.19 Å². The Morgan fingerprint density at radius 2 is 2.29 bits per heavy atom. The monoisotopic (exact) mass is 282 g/mol. The SMILES string of the molecule is N#CN(C(=N)N)N1N=C2c3ccccc3CCC2CC1=O. The van der Waals surface area contributed by atoms with E-state index in [2.05, 4.69) is 5.10 Å². The molecule has 7 nitrogen and oxygen atoms in total. The van der Waals surface area contributed by atoms with Crippen LogP contribution in [0.1, 0.15) is 24.0 Å². The van der Waals surface area contributed by atoms with Gasteiger partial charge in [0, 0.05) is 17.9 Å². The fraction of sp³-hybridized carbons (Fsp3) is 0.286. The molecule has 3 rings (SSSR count). The number of benzene rings is 1. The molecule has 1 unspecified atom stereocenters. The molecular formula is C14H14N6O. The van der Waals surface area contributed by atoms with Crippen LogP contribution in [0.4, 0.5) is 0 Å². The molecule has 7 heteroatoms. The molecule has 1 aliphatic carbocycles. The standard InChI is InChI=1S/C14H14N6O/c15-8-19(14(16)17)20-12(21)7-10-6-5-9-3-1-2-4-11(9)13(10)18-20/h1-4,10H,5-7H2,(H3,16,17). The van der Waals surface area contributed by atoms with Gasteiger partial charge in [-0.15, -0.1) is 10.1 Å². The number of guanidine groups is 1. The summed E-state index contributed by atoms with van der Waals surface area (Å²) in [6.07, 6.45) is 3.76. The molecule has 2 aliphatic rings. The van der Waals surface area contributed by atoms with Gasteiger partial charge in [0.1, 0.15) is 0 Å². The third-order valence-corrected chi connectivity index (χ3v) is 3.80. The highest BCUT2D eigenvalue weighted by Crippen LogP contribution is 2.32. The average molecular weight is 282 g/mol. The van der Waals surface area contributed by atoms with Crippen molar-refractivity contribution in [2.45, 2.75) is 19.3 Å². The van der Waals surface area contributed by atoms with E-state index < -0.39 is 5.96 Å². The predicted octanol–water partition coefficient (Wildman–Crippen LogP) is 0.777. The van der Waals surface area contributed by atoms with E-state index in [1.165, 1.54) is 5.56 Å². The number of nitrogens with zero attached hydrogens (tertiary/aromatic N) is 4. The van der Waals surface area contributed by atoms with Crippen LogP contribution in [0.2, 0.25) is 0 Å². The van der Waals surface area contributed by atoms with E-state index in [9.17, 15) is 4.79 Å². The van der Waals surface area contributed by atoms with Crippen molar-refractivity contribution in [3.05, 3.63) is 35.4 Å². The zero-order chi connectivity index (χ0) is 15.0. The van der Waals surface area contributed by atoms with Gasteiger partial charge in [-0.1, -0.05) is 24.3 Å². The van der Waals surface area contributed by atoms with Gasteiger partial charge in [-0.25, -0.2) is 0 Å². The highest BCUT2D eigenvalue weighted by Gasteiger charge is 2.36. The van der Waals surface area contributed by atoms with Crippen LogP contribution in [0.3, 0.4) is 0 Å². The quantitative estimate of drug-likeness (QED) is 0.343. The number of nitriles is 1. The van der Waals surface area contributed by atoms with Crippen LogP contribution in [-0.2, 0) is 11.2 Å². The summed E-state index contributed by atoms with van der Waals surface area (Å²) in [5, 5.41) is 22.3. The van der Waals surface area contributed by atoms with Gasteiger partial charge in [-0.2, -0.15) is 10.4 Å². The lowest BCUT2D eigenvalue weighted by molar-refractivity contribution is -0.141. The molecule has 1 heterocycles. The molecule has 0 aromatic heterocycles. The van der Waals surface area contributed by atoms with E-state index in [0.717, 1.165) is 29.2 Å². The van der Waals surface area contributed by atoms with Crippen LogP contribution in [0.15, 0.2) is 29.4 Å². The third-order valence-electron chi connectivity index (χ3n) is 3.80. The summed E-state index contributed by atoms with van der Waals surface area (Å²) in [6, 6.07) is 7.92. The summed E-state index contributed by atoms with van der Waals surface area (Å²) in [5.41, 5.74) is 8.31. The van der Waals surface area contributed by atoms with Crippen molar-refractivity contribution < 1.29 is 4.79 Å². The first kappa shape index (κ1) is 13.1. The number of hydrazine groups is 1. The molecule has 0 spiro atoms. The number of rotatable bonds is 1. The number of fused-ring (bicyclic) bond motifs is 3. The van der Waals surface area contributed by atoms with Crippen molar-refractivity contribution in [3.8, 4) is 6.19 Å². The number of hydrazone groups is 1. The molecule has 21 heavy (non-hydrogen) atoms. The molecule has 0 saturated heterocycles. The molecule has 1 aromatic rings. The molecular weight excluding hydrogens is 268 g/mol. The lowest BCUT2D eigenvalue weighted by atomic mass is 9.80. The van der Waals surface area contributed by atoms with Crippen LogP contribution < -0.4 is 5.73 Å². The third kappa shape index (κ3) is 2.10. The molecule has 1 aromatic carbocycles. The van der Waals surface area contributed by atoms with Gasteiger partial charge >= 0.3 is 0 Å². The normalized spacial score (nSPS) is 20.0. The number of aryl methyl sites for hydroxylation is 1. The Morgan fingerprint density at radius 1 is 1.52 bits per heavy atom. The topological polar surface area (TPSA) is 110 Å². The number of hydrogen-bond acceptors (Lipinski definition) is 4. The highest BCUT2D eigenvalue weighted by molar-refractivity contribution is 6.07. The first-order valence-corrected chi connectivity index (χ1v) is 6.65. The van der Waals surface area contributed by atoms with Crippen LogP contribution in [0, 0.1) is 22.8 Å².